The lowest BCUT2D eigenvalue weighted by Crippen LogP contribution is -2.46. The van der Waals surface area contributed by atoms with E-state index < -0.39 is 10.2 Å². The number of aromatic nitrogens is 2. The maximum Gasteiger partial charge on any atom is 0.279 e. The van der Waals surface area contributed by atoms with Crippen molar-refractivity contribution in [3.05, 3.63) is 17.5 Å². The largest absolute Gasteiger partial charge is 0.396 e. The summed E-state index contributed by atoms with van der Waals surface area (Å²) in [4.78, 5) is 0. The van der Waals surface area contributed by atoms with Crippen LogP contribution in [0.4, 0.5) is 0 Å². The van der Waals surface area contributed by atoms with Gasteiger partial charge in [0.15, 0.2) is 0 Å². The van der Waals surface area contributed by atoms with Crippen molar-refractivity contribution in [2.24, 2.45) is 5.92 Å². The highest BCUT2D eigenvalue weighted by atomic mass is 32.2. The van der Waals surface area contributed by atoms with Crippen LogP contribution in [0.25, 0.3) is 0 Å². The molecule has 0 spiro atoms. The molecule has 2 rings (SSSR count). The molecule has 0 amide bonds. The molecule has 2 heterocycles. The smallest absolute Gasteiger partial charge is 0.279 e. The molecule has 1 saturated heterocycles. The van der Waals surface area contributed by atoms with Gasteiger partial charge < -0.3 is 5.11 Å². The minimum Gasteiger partial charge on any atom is -0.396 e. The number of aliphatic hydroxyl groups is 1. The number of aryl methyl sites for hydroxylation is 2. The second kappa shape index (κ2) is 7.35. The van der Waals surface area contributed by atoms with Crippen LogP contribution in [0.5, 0.6) is 0 Å². The molecule has 1 aliphatic heterocycles. The number of aromatic amines is 1. The van der Waals surface area contributed by atoms with Gasteiger partial charge >= 0.3 is 0 Å². The van der Waals surface area contributed by atoms with Gasteiger partial charge in [0.1, 0.15) is 0 Å². The third kappa shape index (κ3) is 4.50. The summed E-state index contributed by atoms with van der Waals surface area (Å²) in [6, 6.07) is 0. The summed E-state index contributed by atoms with van der Waals surface area (Å²) in [6.07, 6.45) is 5.00. The Kier molecular flexibility index (Phi) is 5.74. The number of rotatable bonds is 7. The van der Waals surface area contributed by atoms with Gasteiger partial charge in [-0.3, -0.25) is 5.10 Å². The van der Waals surface area contributed by atoms with Crippen molar-refractivity contribution in [1.82, 2.24) is 19.2 Å². The molecule has 0 radical (unpaired) electrons. The van der Waals surface area contributed by atoms with Gasteiger partial charge in [0, 0.05) is 31.9 Å². The molecule has 7 nitrogen and oxygen atoms in total. The van der Waals surface area contributed by atoms with E-state index in [-0.39, 0.29) is 12.5 Å². The molecule has 1 aromatic rings. The molecule has 120 valence electrons. The van der Waals surface area contributed by atoms with E-state index in [0.717, 1.165) is 36.9 Å². The van der Waals surface area contributed by atoms with Gasteiger partial charge in [-0.05, 0) is 44.1 Å². The number of H-pyrrole nitrogens is 1. The number of nitrogens with zero attached hydrogens (tertiary/aromatic N) is 2. The van der Waals surface area contributed by atoms with E-state index in [1.165, 1.54) is 4.31 Å². The van der Waals surface area contributed by atoms with Gasteiger partial charge in [0.05, 0.1) is 6.20 Å². The van der Waals surface area contributed by atoms with Gasteiger partial charge in [-0.25, -0.2) is 4.72 Å². The number of nitrogens with one attached hydrogen (secondary N) is 2. The first-order chi connectivity index (χ1) is 10.0. The average Bonchev–Trinajstić information content (AvgIpc) is 2.89. The Balaban J connectivity index is 1.77. The van der Waals surface area contributed by atoms with E-state index in [2.05, 4.69) is 14.9 Å². The third-order valence-electron chi connectivity index (χ3n) is 3.92. The summed E-state index contributed by atoms with van der Waals surface area (Å²) in [5.74, 6) is 0.0592. The highest BCUT2D eigenvalue weighted by Crippen LogP contribution is 2.17. The highest BCUT2D eigenvalue weighted by molar-refractivity contribution is 7.87. The second-order valence-corrected chi connectivity index (χ2v) is 7.33. The van der Waals surface area contributed by atoms with Crippen molar-refractivity contribution < 1.29 is 13.5 Å². The quantitative estimate of drug-likeness (QED) is 0.625. The molecule has 1 atom stereocenters. The summed E-state index contributed by atoms with van der Waals surface area (Å²) in [5.41, 5.74) is 2.15. The summed E-state index contributed by atoms with van der Waals surface area (Å²) in [6.45, 7) is 3.35. The standard InChI is InChI=1S/C13H24N4O3S/c1-11-13(8-14-16-11)5-2-6-15-21(19,20)17-7-3-4-12(9-17)10-18/h8,12,15,18H,2-7,9-10H2,1H3,(H,14,16). The van der Waals surface area contributed by atoms with Crippen molar-refractivity contribution in [3.8, 4) is 0 Å². The molecule has 0 bridgehead atoms. The molecular weight excluding hydrogens is 292 g/mol. The first-order valence-corrected chi connectivity index (χ1v) is 8.81. The van der Waals surface area contributed by atoms with Crippen molar-refractivity contribution in [2.75, 3.05) is 26.2 Å². The van der Waals surface area contributed by atoms with E-state index in [1.54, 1.807) is 6.20 Å². The molecule has 21 heavy (non-hydrogen) atoms. The van der Waals surface area contributed by atoms with Crippen LogP contribution in [-0.2, 0) is 16.6 Å². The van der Waals surface area contributed by atoms with Crippen LogP contribution in [0.15, 0.2) is 6.20 Å². The zero-order valence-electron chi connectivity index (χ0n) is 12.4. The van der Waals surface area contributed by atoms with Gasteiger partial charge in [-0.1, -0.05) is 0 Å². The second-order valence-electron chi connectivity index (χ2n) is 5.57. The van der Waals surface area contributed by atoms with Crippen molar-refractivity contribution in [3.63, 3.8) is 0 Å². The number of aliphatic hydroxyl groups excluding tert-OH is 1. The normalized spacial score (nSPS) is 20.8. The van der Waals surface area contributed by atoms with E-state index in [0.29, 0.717) is 19.6 Å². The van der Waals surface area contributed by atoms with Crippen molar-refractivity contribution in [1.29, 1.82) is 0 Å². The number of hydrogen-bond donors (Lipinski definition) is 3. The maximum atomic E-state index is 12.2. The van der Waals surface area contributed by atoms with Crippen LogP contribution in [-0.4, -0.2) is 54.3 Å². The lowest BCUT2D eigenvalue weighted by atomic mass is 10.0. The fraction of sp³-hybridized carbons (Fsp3) is 0.769. The highest BCUT2D eigenvalue weighted by Gasteiger charge is 2.27. The molecule has 0 aromatic carbocycles. The first kappa shape index (κ1) is 16.4. The maximum absolute atomic E-state index is 12.2. The Morgan fingerprint density at radius 1 is 1.57 bits per heavy atom. The minimum atomic E-state index is -3.43. The zero-order valence-corrected chi connectivity index (χ0v) is 13.2. The Morgan fingerprint density at radius 3 is 3.05 bits per heavy atom. The van der Waals surface area contributed by atoms with Crippen LogP contribution >= 0.6 is 0 Å². The molecule has 1 aliphatic rings. The Morgan fingerprint density at radius 2 is 2.38 bits per heavy atom. The lowest BCUT2D eigenvalue weighted by molar-refractivity contribution is 0.165. The van der Waals surface area contributed by atoms with Crippen LogP contribution in [0.1, 0.15) is 30.5 Å². The number of hydrogen-bond acceptors (Lipinski definition) is 4. The molecule has 1 aromatic heterocycles. The lowest BCUT2D eigenvalue weighted by Gasteiger charge is -2.30. The average molecular weight is 316 g/mol. The van der Waals surface area contributed by atoms with Crippen molar-refractivity contribution >= 4 is 10.2 Å². The fourth-order valence-electron chi connectivity index (χ4n) is 2.59. The predicted octanol–water partition coefficient (Wildman–Crippen LogP) is 0.189. The first-order valence-electron chi connectivity index (χ1n) is 7.37. The molecule has 8 heteroatoms. The van der Waals surface area contributed by atoms with Crippen molar-refractivity contribution in [2.45, 2.75) is 32.6 Å². The van der Waals surface area contributed by atoms with Crippen LogP contribution < -0.4 is 4.72 Å². The zero-order chi connectivity index (χ0) is 15.3. The summed E-state index contributed by atoms with van der Waals surface area (Å²) >= 11 is 0. The fourth-order valence-corrected chi connectivity index (χ4v) is 3.95. The van der Waals surface area contributed by atoms with Gasteiger partial charge in [-0.15, -0.1) is 0 Å². The molecule has 1 fully saturated rings. The van der Waals surface area contributed by atoms with Gasteiger partial charge in [-0.2, -0.15) is 17.8 Å². The summed E-state index contributed by atoms with van der Waals surface area (Å²) < 4.78 is 28.5. The Hall–Kier alpha value is -0.960. The van der Waals surface area contributed by atoms with E-state index in [4.69, 9.17) is 5.11 Å². The van der Waals surface area contributed by atoms with Crippen LogP contribution in [0.3, 0.4) is 0 Å². The minimum absolute atomic E-state index is 0.0474. The van der Waals surface area contributed by atoms with E-state index >= 15 is 0 Å². The third-order valence-corrected chi connectivity index (χ3v) is 5.50. The predicted molar refractivity (Wildman–Crippen MR) is 80.0 cm³/mol. The van der Waals surface area contributed by atoms with Crippen LogP contribution in [0, 0.1) is 12.8 Å². The molecule has 0 saturated carbocycles. The molecule has 0 aliphatic carbocycles. The number of piperidine rings is 1. The van der Waals surface area contributed by atoms with Gasteiger partial charge in [0.2, 0.25) is 0 Å². The molecule has 3 N–H and O–H groups in total. The Bertz CT molecular complexity index is 543. The SMILES string of the molecule is Cc1[nH]ncc1CCCNS(=O)(=O)N1CCCC(CO)C1. The van der Waals surface area contributed by atoms with Gasteiger partial charge in [0.25, 0.3) is 10.2 Å². The van der Waals surface area contributed by atoms with E-state index in [9.17, 15) is 8.42 Å². The Labute approximate surface area is 125 Å². The summed E-state index contributed by atoms with van der Waals surface area (Å²) in [5, 5.41) is 16.0. The summed E-state index contributed by atoms with van der Waals surface area (Å²) in [7, 11) is -3.43. The topological polar surface area (TPSA) is 98.3 Å². The van der Waals surface area contributed by atoms with Crippen LogP contribution in [0.2, 0.25) is 0 Å². The monoisotopic (exact) mass is 316 g/mol. The molecule has 1 unspecified atom stereocenters. The molecular formula is C13H24N4O3S. The van der Waals surface area contributed by atoms with E-state index in [1.807, 2.05) is 6.92 Å².